The summed E-state index contributed by atoms with van der Waals surface area (Å²) in [7, 11) is 0. The minimum atomic E-state index is -0.356. The first-order valence-corrected chi connectivity index (χ1v) is 9.29. The Hall–Kier alpha value is -2.33. The van der Waals surface area contributed by atoms with Crippen LogP contribution in [-0.2, 0) is 11.3 Å². The molecule has 1 amide bonds. The molecule has 2 aromatic heterocycles. The van der Waals surface area contributed by atoms with E-state index in [2.05, 4.69) is 25.7 Å². The highest BCUT2D eigenvalue weighted by atomic mass is 32.2. The topological polar surface area (TPSA) is 85.6 Å². The summed E-state index contributed by atoms with van der Waals surface area (Å²) < 4.78 is 15.8. The van der Waals surface area contributed by atoms with Crippen LogP contribution in [0.2, 0.25) is 0 Å². The number of anilines is 1. The summed E-state index contributed by atoms with van der Waals surface area (Å²) >= 11 is 2.55. The standard InChI is InChI=1S/C15H15FN6OS2/c1-3-22-13(10-6-4-5-7-11(10)16)19-21-15(22)24-8-12(23)17-14-20-18-9(2)25-14/h4-7H,3,8H2,1-2H3,(H,17,20,23). The third-order valence-corrected chi connectivity index (χ3v) is 4.97. The van der Waals surface area contributed by atoms with Crippen LogP contribution in [0.4, 0.5) is 9.52 Å². The Morgan fingerprint density at radius 1 is 1.28 bits per heavy atom. The summed E-state index contributed by atoms with van der Waals surface area (Å²) in [6, 6.07) is 6.41. The quantitative estimate of drug-likeness (QED) is 0.664. The number of nitrogens with zero attached hydrogens (tertiary/aromatic N) is 5. The summed E-state index contributed by atoms with van der Waals surface area (Å²) in [5.41, 5.74) is 0.387. The zero-order valence-electron chi connectivity index (χ0n) is 13.6. The van der Waals surface area contributed by atoms with Crippen molar-refractivity contribution in [1.29, 1.82) is 0 Å². The number of hydrogen-bond donors (Lipinski definition) is 1. The van der Waals surface area contributed by atoms with Gasteiger partial charge in [-0.2, -0.15) is 0 Å². The number of carbonyl (C=O) groups is 1. The molecule has 0 aliphatic carbocycles. The molecular formula is C15H15FN6OS2. The second-order valence-corrected chi connectivity index (χ2v) is 7.12. The summed E-state index contributed by atoms with van der Waals surface area (Å²) in [6.45, 7) is 4.30. The predicted octanol–water partition coefficient (Wildman–Crippen LogP) is 2.99. The van der Waals surface area contributed by atoms with E-state index in [-0.39, 0.29) is 17.5 Å². The van der Waals surface area contributed by atoms with Crippen LogP contribution >= 0.6 is 23.1 Å². The van der Waals surface area contributed by atoms with Gasteiger partial charge in [0, 0.05) is 6.54 Å². The molecule has 0 radical (unpaired) electrons. The normalized spacial score (nSPS) is 10.8. The van der Waals surface area contributed by atoms with Crippen molar-refractivity contribution in [2.24, 2.45) is 0 Å². The van der Waals surface area contributed by atoms with Crippen LogP contribution in [0.5, 0.6) is 0 Å². The van der Waals surface area contributed by atoms with E-state index in [9.17, 15) is 9.18 Å². The van der Waals surface area contributed by atoms with E-state index < -0.39 is 0 Å². The molecule has 7 nitrogen and oxygen atoms in total. The second-order valence-electron chi connectivity index (χ2n) is 4.99. The third kappa shape index (κ3) is 4.02. The average Bonchev–Trinajstić information content (AvgIpc) is 3.19. The van der Waals surface area contributed by atoms with Crippen LogP contribution in [0.3, 0.4) is 0 Å². The third-order valence-electron chi connectivity index (χ3n) is 3.25. The molecule has 0 bridgehead atoms. The molecule has 0 aliphatic rings. The summed E-state index contributed by atoms with van der Waals surface area (Å²) in [5.74, 6) is 0.0293. The Kier molecular flexibility index (Phi) is 5.39. The molecule has 2 heterocycles. The van der Waals surface area contributed by atoms with Gasteiger partial charge in [0.05, 0.1) is 11.3 Å². The van der Waals surface area contributed by atoms with Crippen molar-refractivity contribution in [3.05, 3.63) is 35.1 Å². The number of amides is 1. The lowest BCUT2D eigenvalue weighted by Crippen LogP contribution is -2.14. The molecule has 1 aromatic carbocycles. The molecule has 0 atom stereocenters. The van der Waals surface area contributed by atoms with Gasteiger partial charge in [-0.05, 0) is 26.0 Å². The minimum Gasteiger partial charge on any atom is -0.302 e. The fourth-order valence-corrected chi connectivity index (χ4v) is 3.57. The Bertz CT molecular complexity index is 894. The number of aromatic nitrogens is 5. The van der Waals surface area contributed by atoms with Crippen molar-refractivity contribution >= 4 is 34.1 Å². The highest BCUT2D eigenvalue weighted by Gasteiger charge is 2.17. The number of aryl methyl sites for hydroxylation is 1. The van der Waals surface area contributed by atoms with Crippen LogP contribution in [0, 0.1) is 12.7 Å². The lowest BCUT2D eigenvalue weighted by Gasteiger charge is -2.07. The van der Waals surface area contributed by atoms with E-state index in [1.165, 1.54) is 29.2 Å². The first-order chi connectivity index (χ1) is 12.1. The fourth-order valence-electron chi connectivity index (χ4n) is 2.15. The number of hydrogen-bond acceptors (Lipinski definition) is 7. The molecule has 0 unspecified atom stereocenters. The van der Waals surface area contributed by atoms with E-state index in [0.29, 0.717) is 28.2 Å². The van der Waals surface area contributed by atoms with Crippen LogP contribution in [-0.4, -0.2) is 36.6 Å². The van der Waals surface area contributed by atoms with Gasteiger partial charge in [-0.1, -0.05) is 35.2 Å². The lowest BCUT2D eigenvalue weighted by molar-refractivity contribution is -0.113. The van der Waals surface area contributed by atoms with Crippen molar-refractivity contribution in [1.82, 2.24) is 25.0 Å². The van der Waals surface area contributed by atoms with Gasteiger partial charge in [-0.25, -0.2) is 4.39 Å². The van der Waals surface area contributed by atoms with Crippen molar-refractivity contribution < 1.29 is 9.18 Å². The monoisotopic (exact) mass is 378 g/mol. The number of benzene rings is 1. The first kappa shape index (κ1) is 17.5. The van der Waals surface area contributed by atoms with Gasteiger partial charge in [-0.15, -0.1) is 20.4 Å². The minimum absolute atomic E-state index is 0.147. The van der Waals surface area contributed by atoms with E-state index in [1.54, 1.807) is 22.8 Å². The molecule has 0 saturated carbocycles. The fraction of sp³-hybridized carbons (Fsp3) is 0.267. The molecule has 0 fully saturated rings. The van der Waals surface area contributed by atoms with E-state index in [1.807, 2.05) is 13.8 Å². The smallest absolute Gasteiger partial charge is 0.236 e. The van der Waals surface area contributed by atoms with Gasteiger partial charge in [0.25, 0.3) is 0 Å². The maximum absolute atomic E-state index is 14.0. The van der Waals surface area contributed by atoms with Crippen LogP contribution < -0.4 is 5.32 Å². The van der Waals surface area contributed by atoms with Crippen LogP contribution in [0.1, 0.15) is 11.9 Å². The van der Waals surface area contributed by atoms with Gasteiger partial charge < -0.3 is 4.57 Å². The number of halogens is 1. The van der Waals surface area contributed by atoms with Gasteiger partial charge in [0.1, 0.15) is 10.8 Å². The average molecular weight is 378 g/mol. The SMILES string of the molecule is CCn1c(SCC(=O)Nc2nnc(C)s2)nnc1-c1ccccc1F. The highest BCUT2D eigenvalue weighted by Crippen LogP contribution is 2.26. The Morgan fingerprint density at radius 2 is 2.08 bits per heavy atom. The lowest BCUT2D eigenvalue weighted by atomic mass is 10.2. The number of nitrogens with one attached hydrogen (secondary N) is 1. The predicted molar refractivity (Wildman–Crippen MR) is 95.1 cm³/mol. The van der Waals surface area contributed by atoms with Crippen molar-refractivity contribution in [2.75, 3.05) is 11.1 Å². The molecule has 0 saturated heterocycles. The first-order valence-electron chi connectivity index (χ1n) is 7.49. The molecule has 25 heavy (non-hydrogen) atoms. The van der Waals surface area contributed by atoms with E-state index >= 15 is 0 Å². The Morgan fingerprint density at radius 3 is 2.76 bits per heavy atom. The zero-order chi connectivity index (χ0) is 17.8. The summed E-state index contributed by atoms with van der Waals surface area (Å²) in [5, 5.41) is 20.4. The molecule has 3 rings (SSSR count). The van der Waals surface area contributed by atoms with Gasteiger partial charge >= 0.3 is 0 Å². The van der Waals surface area contributed by atoms with Crippen molar-refractivity contribution in [3.8, 4) is 11.4 Å². The molecule has 3 aromatic rings. The highest BCUT2D eigenvalue weighted by molar-refractivity contribution is 7.99. The number of carbonyl (C=O) groups excluding carboxylic acids is 1. The maximum Gasteiger partial charge on any atom is 0.236 e. The van der Waals surface area contributed by atoms with E-state index in [4.69, 9.17) is 0 Å². The van der Waals surface area contributed by atoms with Gasteiger partial charge in [-0.3, -0.25) is 10.1 Å². The second kappa shape index (κ2) is 7.70. The molecule has 10 heteroatoms. The Labute approximate surface area is 151 Å². The summed E-state index contributed by atoms with van der Waals surface area (Å²) in [6.07, 6.45) is 0. The number of rotatable bonds is 6. The number of thioether (sulfide) groups is 1. The molecule has 130 valence electrons. The zero-order valence-corrected chi connectivity index (χ0v) is 15.2. The largest absolute Gasteiger partial charge is 0.302 e. The van der Waals surface area contributed by atoms with E-state index in [0.717, 1.165) is 5.01 Å². The van der Waals surface area contributed by atoms with Gasteiger partial charge in [0.2, 0.25) is 11.0 Å². The van der Waals surface area contributed by atoms with Crippen molar-refractivity contribution in [3.63, 3.8) is 0 Å². The van der Waals surface area contributed by atoms with Crippen LogP contribution in [0.15, 0.2) is 29.4 Å². The van der Waals surface area contributed by atoms with Crippen molar-refractivity contribution in [2.45, 2.75) is 25.5 Å². The molecule has 0 aliphatic heterocycles. The molecule has 1 N–H and O–H groups in total. The van der Waals surface area contributed by atoms with Crippen LogP contribution in [0.25, 0.3) is 11.4 Å². The molecular weight excluding hydrogens is 363 g/mol. The Balaban J connectivity index is 1.71. The van der Waals surface area contributed by atoms with Gasteiger partial charge in [0.15, 0.2) is 11.0 Å². The molecule has 0 spiro atoms. The summed E-state index contributed by atoms with van der Waals surface area (Å²) in [4.78, 5) is 12.0. The maximum atomic E-state index is 14.0.